The van der Waals surface area contributed by atoms with Crippen molar-refractivity contribution in [1.29, 1.82) is 0 Å². The third-order valence-corrected chi connectivity index (χ3v) is 5.01. The van der Waals surface area contributed by atoms with Crippen LogP contribution in [0.4, 0.5) is 5.69 Å². The van der Waals surface area contributed by atoms with E-state index in [1.807, 2.05) is 19.1 Å². The molecule has 1 fully saturated rings. The van der Waals surface area contributed by atoms with E-state index in [0.29, 0.717) is 27.2 Å². The summed E-state index contributed by atoms with van der Waals surface area (Å²) in [6.07, 6.45) is 0.482. The predicted octanol–water partition coefficient (Wildman–Crippen LogP) is 5.29. The summed E-state index contributed by atoms with van der Waals surface area (Å²) < 4.78 is 5.61. The van der Waals surface area contributed by atoms with Crippen LogP contribution in [0.15, 0.2) is 42.5 Å². The second-order valence-electron chi connectivity index (χ2n) is 5.66. The number of ether oxygens (including phenoxy) is 1. The fraction of sp³-hybridized carbons (Fsp3) is 0.235. The maximum atomic E-state index is 12.2. The zero-order chi connectivity index (χ0) is 16.6. The number of hydrogen-bond donors (Lipinski definition) is 1. The van der Waals surface area contributed by atoms with E-state index in [0.717, 1.165) is 5.56 Å². The highest BCUT2D eigenvalue weighted by Gasteiger charge is 2.44. The first-order valence-electron chi connectivity index (χ1n) is 7.08. The summed E-state index contributed by atoms with van der Waals surface area (Å²) in [5.41, 5.74) is 0.808. The number of nitrogens with one attached hydrogen (secondary N) is 1. The molecule has 0 spiro atoms. The lowest BCUT2D eigenvalue weighted by Gasteiger charge is -2.23. The summed E-state index contributed by atoms with van der Waals surface area (Å²) in [4.78, 5) is 12.2. The molecular formula is C17H14Cl3NO2. The standard InChI is InChI=1S/C17H14Cl3NO2/c1-17(10-5-7-11(18)8-6-10)9-14(16(22)23-17)21-13-4-2-3-12(19)15(13)20/h2-8,14,21H,9H2,1H3. The van der Waals surface area contributed by atoms with E-state index >= 15 is 0 Å². The van der Waals surface area contributed by atoms with Crippen molar-refractivity contribution in [1.82, 2.24) is 0 Å². The van der Waals surface area contributed by atoms with Gasteiger partial charge in [0.05, 0.1) is 15.7 Å². The van der Waals surface area contributed by atoms with E-state index in [1.54, 1.807) is 30.3 Å². The molecule has 0 aliphatic carbocycles. The number of hydrogen-bond acceptors (Lipinski definition) is 3. The van der Waals surface area contributed by atoms with E-state index in [1.165, 1.54) is 0 Å². The van der Waals surface area contributed by atoms with Crippen LogP contribution < -0.4 is 5.32 Å². The van der Waals surface area contributed by atoms with Crippen molar-refractivity contribution in [2.24, 2.45) is 0 Å². The molecule has 0 radical (unpaired) electrons. The van der Waals surface area contributed by atoms with Crippen LogP contribution in [0, 0.1) is 0 Å². The molecule has 1 aliphatic rings. The van der Waals surface area contributed by atoms with Crippen LogP contribution in [-0.2, 0) is 15.1 Å². The van der Waals surface area contributed by atoms with Crippen molar-refractivity contribution < 1.29 is 9.53 Å². The third kappa shape index (κ3) is 3.27. The van der Waals surface area contributed by atoms with Gasteiger partial charge in [0.2, 0.25) is 0 Å². The zero-order valence-electron chi connectivity index (χ0n) is 12.3. The first-order valence-corrected chi connectivity index (χ1v) is 8.22. The molecule has 2 aromatic rings. The molecule has 2 unspecified atom stereocenters. The minimum Gasteiger partial charge on any atom is -0.453 e. The Labute approximate surface area is 149 Å². The van der Waals surface area contributed by atoms with E-state index in [9.17, 15) is 4.79 Å². The summed E-state index contributed by atoms with van der Waals surface area (Å²) in [5.74, 6) is -0.321. The van der Waals surface area contributed by atoms with Gasteiger partial charge in [-0.1, -0.05) is 53.0 Å². The number of anilines is 1. The molecule has 23 heavy (non-hydrogen) atoms. The van der Waals surface area contributed by atoms with Gasteiger partial charge in [-0.05, 0) is 36.8 Å². The summed E-state index contributed by atoms with van der Waals surface area (Å²) in [6.45, 7) is 1.88. The minimum absolute atomic E-state index is 0.321. The van der Waals surface area contributed by atoms with Gasteiger partial charge >= 0.3 is 5.97 Å². The number of benzene rings is 2. The van der Waals surface area contributed by atoms with Crippen LogP contribution in [0.2, 0.25) is 15.1 Å². The number of cyclic esters (lactones) is 1. The van der Waals surface area contributed by atoms with Gasteiger partial charge in [0.25, 0.3) is 0 Å². The molecule has 0 amide bonds. The first-order chi connectivity index (χ1) is 10.9. The molecule has 0 aromatic heterocycles. The maximum Gasteiger partial charge on any atom is 0.329 e. The van der Waals surface area contributed by atoms with Gasteiger partial charge < -0.3 is 10.1 Å². The molecule has 120 valence electrons. The molecule has 3 nitrogen and oxygen atoms in total. The molecule has 1 saturated heterocycles. The van der Waals surface area contributed by atoms with Crippen LogP contribution in [0.25, 0.3) is 0 Å². The normalized spacial score (nSPS) is 23.7. The Hall–Kier alpha value is -1.42. The second kappa shape index (κ2) is 6.23. The highest BCUT2D eigenvalue weighted by molar-refractivity contribution is 6.43. The molecule has 2 atom stereocenters. The Bertz CT molecular complexity index is 748. The van der Waals surface area contributed by atoms with Gasteiger partial charge in [0.1, 0.15) is 11.6 Å². The lowest BCUT2D eigenvalue weighted by Crippen LogP contribution is -2.25. The van der Waals surface area contributed by atoms with E-state index < -0.39 is 11.6 Å². The van der Waals surface area contributed by atoms with Crippen LogP contribution >= 0.6 is 34.8 Å². The van der Waals surface area contributed by atoms with E-state index in [2.05, 4.69) is 5.32 Å². The van der Waals surface area contributed by atoms with Crippen LogP contribution in [0.3, 0.4) is 0 Å². The van der Waals surface area contributed by atoms with Crippen molar-refractivity contribution in [3.63, 3.8) is 0 Å². The summed E-state index contributed by atoms with van der Waals surface area (Å²) >= 11 is 18.1. The highest BCUT2D eigenvalue weighted by Crippen LogP contribution is 2.39. The lowest BCUT2D eigenvalue weighted by molar-refractivity contribution is -0.148. The molecule has 1 heterocycles. The first kappa shape index (κ1) is 16.4. The zero-order valence-corrected chi connectivity index (χ0v) is 14.5. The molecule has 2 aromatic carbocycles. The van der Waals surface area contributed by atoms with Crippen LogP contribution in [0.5, 0.6) is 0 Å². The highest BCUT2D eigenvalue weighted by atomic mass is 35.5. The smallest absolute Gasteiger partial charge is 0.329 e. The molecule has 0 saturated carbocycles. The molecule has 0 bridgehead atoms. The van der Waals surface area contributed by atoms with Gasteiger partial charge in [-0.2, -0.15) is 0 Å². The molecule has 3 rings (SSSR count). The number of carbonyl (C=O) groups excluding carboxylic acids is 1. The van der Waals surface area contributed by atoms with Gasteiger partial charge in [0, 0.05) is 11.4 Å². The van der Waals surface area contributed by atoms with Gasteiger partial charge in [0.15, 0.2) is 0 Å². The summed E-state index contributed by atoms with van der Waals surface area (Å²) in [6, 6.07) is 12.0. The van der Waals surface area contributed by atoms with Gasteiger partial charge in [-0.15, -0.1) is 0 Å². The fourth-order valence-corrected chi connectivity index (χ4v) is 3.18. The summed E-state index contributed by atoms with van der Waals surface area (Å²) in [7, 11) is 0. The number of rotatable bonds is 3. The maximum absolute atomic E-state index is 12.2. The Morgan fingerprint density at radius 2 is 1.83 bits per heavy atom. The lowest BCUT2D eigenvalue weighted by atomic mass is 9.91. The minimum atomic E-state index is -0.704. The van der Waals surface area contributed by atoms with Crippen LogP contribution in [-0.4, -0.2) is 12.0 Å². The number of carbonyl (C=O) groups is 1. The van der Waals surface area contributed by atoms with Gasteiger partial charge in [-0.25, -0.2) is 4.79 Å². The average Bonchev–Trinajstić information content (AvgIpc) is 2.80. The number of esters is 1. The number of halogens is 3. The SMILES string of the molecule is CC1(c2ccc(Cl)cc2)CC(Nc2cccc(Cl)c2Cl)C(=O)O1. The van der Waals surface area contributed by atoms with Crippen molar-refractivity contribution in [2.45, 2.75) is 25.0 Å². The molecule has 1 aliphatic heterocycles. The Kier molecular flexibility index (Phi) is 4.45. The third-order valence-electron chi connectivity index (χ3n) is 3.94. The molecular weight excluding hydrogens is 357 g/mol. The quantitative estimate of drug-likeness (QED) is 0.746. The monoisotopic (exact) mass is 369 g/mol. The Balaban J connectivity index is 1.82. The Morgan fingerprint density at radius 1 is 1.13 bits per heavy atom. The average molecular weight is 371 g/mol. The van der Waals surface area contributed by atoms with Crippen molar-refractivity contribution >= 4 is 46.5 Å². The van der Waals surface area contributed by atoms with Crippen LogP contribution in [0.1, 0.15) is 18.9 Å². The van der Waals surface area contributed by atoms with Crippen molar-refractivity contribution in [3.8, 4) is 0 Å². The van der Waals surface area contributed by atoms with E-state index in [4.69, 9.17) is 39.5 Å². The van der Waals surface area contributed by atoms with Crippen molar-refractivity contribution in [3.05, 3.63) is 63.1 Å². The molecule has 6 heteroatoms. The predicted molar refractivity (Wildman–Crippen MR) is 93.4 cm³/mol. The Morgan fingerprint density at radius 3 is 2.52 bits per heavy atom. The summed E-state index contributed by atoms with van der Waals surface area (Å²) in [5, 5.41) is 4.58. The topological polar surface area (TPSA) is 38.3 Å². The van der Waals surface area contributed by atoms with Crippen molar-refractivity contribution in [2.75, 3.05) is 5.32 Å². The largest absolute Gasteiger partial charge is 0.453 e. The second-order valence-corrected chi connectivity index (χ2v) is 6.88. The van der Waals surface area contributed by atoms with Gasteiger partial charge in [-0.3, -0.25) is 0 Å². The molecule has 1 N–H and O–H groups in total. The fourth-order valence-electron chi connectivity index (χ4n) is 2.70. The van der Waals surface area contributed by atoms with E-state index in [-0.39, 0.29) is 5.97 Å².